The standard InChI is InChI=1S/C27H19Cl3N2O/c28-22-12-10-21(11-13-22)27(33)20-8-6-18(7-9-20)14-24-25(29)15-23(16-26(24)30)32-31-17-19-4-2-1-3-5-19/h1-13,15-17,32H,14H2. The molecule has 0 fully saturated rings. The first-order valence-electron chi connectivity index (χ1n) is 10.2. The first kappa shape index (κ1) is 23.1. The molecule has 4 aromatic carbocycles. The van der Waals surface area contributed by atoms with Crippen LogP contribution in [0.1, 0.15) is 32.6 Å². The SMILES string of the molecule is O=C(c1ccc(Cl)cc1)c1ccc(Cc2c(Cl)cc(NN=Cc3ccccc3)cc2Cl)cc1. The Hall–Kier alpha value is -3.11. The van der Waals surface area contributed by atoms with E-state index in [1.807, 2.05) is 54.6 Å². The van der Waals surface area contributed by atoms with E-state index in [1.54, 1.807) is 42.6 Å². The number of hydrogen-bond donors (Lipinski definition) is 1. The van der Waals surface area contributed by atoms with Crippen LogP contribution in [0.4, 0.5) is 5.69 Å². The van der Waals surface area contributed by atoms with E-state index in [1.165, 1.54) is 0 Å². The summed E-state index contributed by atoms with van der Waals surface area (Å²) in [5, 5.41) is 5.91. The second-order valence-corrected chi connectivity index (χ2v) is 8.66. The first-order chi connectivity index (χ1) is 16.0. The number of carbonyl (C=O) groups excluding carboxylic acids is 1. The van der Waals surface area contributed by atoms with Crippen LogP contribution in [0.15, 0.2) is 96.1 Å². The number of rotatable bonds is 7. The lowest BCUT2D eigenvalue weighted by molar-refractivity contribution is 0.103. The Morgan fingerprint density at radius 3 is 1.97 bits per heavy atom. The second-order valence-electron chi connectivity index (χ2n) is 7.41. The van der Waals surface area contributed by atoms with Crippen molar-refractivity contribution in [3.8, 4) is 0 Å². The van der Waals surface area contributed by atoms with Crippen LogP contribution in [0, 0.1) is 0 Å². The Morgan fingerprint density at radius 2 is 1.36 bits per heavy atom. The van der Waals surface area contributed by atoms with Crippen LogP contribution in [0.5, 0.6) is 0 Å². The highest BCUT2D eigenvalue weighted by Crippen LogP contribution is 2.31. The number of ketones is 1. The minimum Gasteiger partial charge on any atom is -0.289 e. The van der Waals surface area contributed by atoms with Crippen LogP contribution in [-0.4, -0.2) is 12.0 Å². The largest absolute Gasteiger partial charge is 0.289 e. The monoisotopic (exact) mass is 492 g/mol. The number of carbonyl (C=O) groups is 1. The minimum absolute atomic E-state index is 0.0548. The Kier molecular flexibility index (Phi) is 7.46. The van der Waals surface area contributed by atoms with Gasteiger partial charge in [0.15, 0.2) is 5.78 Å². The van der Waals surface area contributed by atoms with Crippen LogP contribution < -0.4 is 5.43 Å². The molecule has 0 aliphatic heterocycles. The van der Waals surface area contributed by atoms with Crippen molar-refractivity contribution in [2.24, 2.45) is 5.10 Å². The summed E-state index contributed by atoms with van der Waals surface area (Å²) in [6, 6.07) is 27.6. The molecule has 0 spiro atoms. The molecule has 0 saturated heterocycles. The molecule has 0 atom stereocenters. The van der Waals surface area contributed by atoms with Crippen molar-refractivity contribution in [3.63, 3.8) is 0 Å². The van der Waals surface area contributed by atoms with Crippen molar-refractivity contribution in [2.75, 3.05) is 5.43 Å². The molecule has 164 valence electrons. The van der Waals surface area contributed by atoms with Crippen molar-refractivity contribution in [1.82, 2.24) is 0 Å². The smallest absolute Gasteiger partial charge is 0.193 e. The maximum atomic E-state index is 12.6. The lowest BCUT2D eigenvalue weighted by atomic mass is 9.99. The highest BCUT2D eigenvalue weighted by atomic mass is 35.5. The summed E-state index contributed by atoms with van der Waals surface area (Å²) in [6.45, 7) is 0. The molecule has 0 heterocycles. The van der Waals surface area contributed by atoms with E-state index in [4.69, 9.17) is 34.8 Å². The third-order valence-electron chi connectivity index (χ3n) is 5.05. The number of hydrazone groups is 1. The summed E-state index contributed by atoms with van der Waals surface area (Å²) >= 11 is 18.9. The molecule has 0 unspecified atom stereocenters. The van der Waals surface area contributed by atoms with E-state index >= 15 is 0 Å². The number of anilines is 1. The summed E-state index contributed by atoms with van der Waals surface area (Å²) in [5.41, 5.74) is 7.65. The highest BCUT2D eigenvalue weighted by Gasteiger charge is 2.12. The summed E-state index contributed by atoms with van der Waals surface area (Å²) in [7, 11) is 0. The fraction of sp³-hybridized carbons (Fsp3) is 0.0370. The Balaban J connectivity index is 1.44. The van der Waals surface area contributed by atoms with Crippen LogP contribution in [0.2, 0.25) is 15.1 Å². The zero-order valence-electron chi connectivity index (χ0n) is 17.4. The number of benzene rings is 4. The third-order valence-corrected chi connectivity index (χ3v) is 5.98. The van der Waals surface area contributed by atoms with E-state index in [9.17, 15) is 4.79 Å². The van der Waals surface area contributed by atoms with Crippen molar-refractivity contribution >= 4 is 52.5 Å². The summed E-state index contributed by atoms with van der Waals surface area (Å²) in [6.07, 6.45) is 2.27. The van der Waals surface area contributed by atoms with Gasteiger partial charge in [0.2, 0.25) is 0 Å². The van der Waals surface area contributed by atoms with E-state index in [0.717, 1.165) is 16.7 Å². The molecule has 0 radical (unpaired) electrons. The lowest BCUT2D eigenvalue weighted by Gasteiger charge is -2.11. The molecule has 6 heteroatoms. The number of nitrogens with zero attached hydrogens (tertiary/aromatic N) is 1. The van der Waals surface area contributed by atoms with E-state index in [0.29, 0.717) is 38.3 Å². The first-order valence-corrected chi connectivity index (χ1v) is 11.3. The van der Waals surface area contributed by atoms with Gasteiger partial charge in [-0.05, 0) is 53.1 Å². The van der Waals surface area contributed by atoms with Crippen LogP contribution in [0.3, 0.4) is 0 Å². The fourth-order valence-corrected chi connectivity index (χ4v) is 4.05. The molecule has 3 nitrogen and oxygen atoms in total. The van der Waals surface area contributed by atoms with Gasteiger partial charge in [-0.3, -0.25) is 10.2 Å². The number of nitrogens with one attached hydrogen (secondary N) is 1. The van der Waals surface area contributed by atoms with E-state index < -0.39 is 0 Å². The van der Waals surface area contributed by atoms with Crippen molar-refractivity contribution in [2.45, 2.75) is 6.42 Å². The maximum absolute atomic E-state index is 12.6. The molecule has 0 aliphatic carbocycles. The van der Waals surface area contributed by atoms with Gasteiger partial charge in [-0.1, -0.05) is 89.4 Å². The quantitative estimate of drug-likeness (QED) is 0.161. The maximum Gasteiger partial charge on any atom is 0.193 e. The average molecular weight is 494 g/mol. The average Bonchev–Trinajstić information content (AvgIpc) is 2.83. The highest BCUT2D eigenvalue weighted by molar-refractivity contribution is 6.36. The van der Waals surface area contributed by atoms with E-state index in [-0.39, 0.29) is 5.78 Å². The normalized spacial score (nSPS) is 11.0. The third kappa shape index (κ3) is 6.02. The molecule has 0 aliphatic rings. The zero-order chi connectivity index (χ0) is 23.2. The van der Waals surface area contributed by atoms with Crippen LogP contribution >= 0.6 is 34.8 Å². The summed E-state index contributed by atoms with van der Waals surface area (Å²) < 4.78 is 0. The molecule has 0 saturated carbocycles. The molecule has 1 N–H and O–H groups in total. The molecule has 0 aromatic heterocycles. The Bertz CT molecular complexity index is 1260. The van der Waals surface area contributed by atoms with Crippen molar-refractivity contribution in [1.29, 1.82) is 0 Å². The van der Waals surface area contributed by atoms with Crippen LogP contribution in [-0.2, 0) is 6.42 Å². The number of hydrogen-bond acceptors (Lipinski definition) is 3. The van der Waals surface area contributed by atoms with Gasteiger partial charge in [0.1, 0.15) is 0 Å². The minimum atomic E-state index is -0.0548. The molecular formula is C27H19Cl3N2O. The van der Waals surface area contributed by atoms with Crippen LogP contribution in [0.25, 0.3) is 0 Å². The molecule has 0 bridgehead atoms. The zero-order valence-corrected chi connectivity index (χ0v) is 19.7. The summed E-state index contributed by atoms with van der Waals surface area (Å²) in [4.78, 5) is 12.6. The van der Waals surface area contributed by atoms with Crippen molar-refractivity contribution in [3.05, 3.63) is 134 Å². The molecule has 4 aromatic rings. The Labute approximate surface area is 207 Å². The molecule has 33 heavy (non-hydrogen) atoms. The van der Waals surface area contributed by atoms with Gasteiger partial charge in [0, 0.05) is 32.6 Å². The number of halogens is 3. The van der Waals surface area contributed by atoms with Gasteiger partial charge in [0.05, 0.1) is 11.9 Å². The molecule has 0 amide bonds. The topological polar surface area (TPSA) is 41.5 Å². The van der Waals surface area contributed by atoms with Gasteiger partial charge in [-0.15, -0.1) is 0 Å². The molecular weight excluding hydrogens is 475 g/mol. The van der Waals surface area contributed by atoms with Gasteiger partial charge in [-0.2, -0.15) is 5.10 Å². The van der Waals surface area contributed by atoms with Gasteiger partial charge < -0.3 is 0 Å². The molecule has 4 rings (SSSR count). The van der Waals surface area contributed by atoms with Gasteiger partial charge in [0.25, 0.3) is 0 Å². The fourth-order valence-electron chi connectivity index (χ4n) is 3.30. The lowest BCUT2D eigenvalue weighted by Crippen LogP contribution is -2.01. The summed E-state index contributed by atoms with van der Waals surface area (Å²) in [5.74, 6) is -0.0548. The predicted octanol–water partition coefficient (Wildman–Crippen LogP) is 7.91. The predicted molar refractivity (Wildman–Crippen MR) is 138 cm³/mol. The van der Waals surface area contributed by atoms with Gasteiger partial charge in [-0.25, -0.2) is 0 Å². The Morgan fingerprint density at radius 1 is 0.788 bits per heavy atom. The van der Waals surface area contributed by atoms with E-state index in [2.05, 4.69) is 10.5 Å². The van der Waals surface area contributed by atoms with Gasteiger partial charge >= 0.3 is 0 Å². The van der Waals surface area contributed by atoms with Crippen molar-refractivity contribution < 1.29 is 4.79 Å². The second kappa shape index (κ2) is 10.7.